The lowest BCUT2D eigenvalue weighted by Crippen LogP contribution is -2.31. The quantitative estimate of drug-likeness (QED) is 0.735. The van der Waals surface area contributed by atoms with E-state index in [0.29, 0.717) is 18.7 Å². The molecular weight excluding hydrogens is 281 g/mol. The van der Waals surface area contributed by atoms with Crippen LogP contribution in [0, 0.1) is 5.82 Å². The van der Waals surface area contributed by atoms with E-state index in [1.165, 1.54) is 12.1 Å². The molecule has 1 amide bonds. The van der Waals surface area contributed by atoms with Gasteiger partial charge in [-0.2, -0.15) is 5.10 Å². The Morgan fingerprint density at radius 1 is 1.27 bits per heavy atom. The predicted octanol–water partition coefficient (Wildman–Crippen LogP) is 3.39. The van der Waals surface area contributed by atoms with Gasteiger partial charge < -0.3 is 4.90 Å². The lowest BCUT2D eigenvalue weighted by molar-refractivity contribution is 0.0740. The standard InChI is InChI=1S/C17H22FN3O/c1-3-4-5-10-21(12-14-6-8-16(18)9-7-14)17(22)15-11-19-20(2)13-15/h6-9,11,13H,3-5,10,12H2,1-2H3. The summed E-state index contributed by atoms with van der Waals surface area (Å²) in [6.45, 7) is 3.31. The van der Waals surface area contributed by atoms with E-state index in [1.807, 2.05) is 0 Å². The monoisotopic (exact) mass is 303 g/mol. The van der Waals surface area contributed by atoms with E-state index in [0.717, 1.165) is 24.8 Å². The summed E-state index contributed by atoms with van der Waals surface area (Å²) in [5.41, 5.74) is 1.51. The minimum absolute atomic E-state index is 0.0338. The van der Waals surface area contributed by atoms with E-state index in [1.54, 1.807) is 41.2 Å². The molecule has 0 radical (unpaired) electrons. The maximum Gasteiger partial charge on any atom is 0.257 e. The van der Waals surface area contributed by atoms with Crippen LogP contribution < -0.4 is 0 Å². The molecule has 0 aliphatic rings. The highest BCUT2D eigenvalue weighted by Crippen LogP contribution is 2.12. The normalized spacial score (nSPS) is 10.7. The van der Waals surface area contributed by atoms with Crippen molar-refractivity contribution in [2.24, 2.45) is 7.05 Å². The van der Waals surface area contributed by atoms with Crippen LogP contribution in [0.2, 0.25) is 0 Å². The van der Waals surface area contributed by atoms with E-state index >= 15 is 0 Å². The second-order valence-corrected chi connectivity index (χ2v) is 5.46. The molecule has 0 saturated carbocycles. The van der Waals surface area contributed by atoms with Gasteiger partial charge in [0.15, 0.2) is 0 Å². The lowest BCUT2D eigenvalue weighted by Gasteiger charge is -2.22. The first-order valence-electron chi connectivity index (χ1n) is 7.62. The Morgan fingerprint density at radius 2 is 2.00 bits per heavy atom. The molecule has 4 nitrogen and oxygen atoms in total. The molecule has 1 aromatic heterocycles. The van der Waals surface area contributed by atoms with E-state index in [-0.39, 0.29) is 11.7 Å². The maximum absolute atomic E-state index is 13.0. The third-order valence-corrected chi connectivity index (χ3v) is 3.56. The van der Waals surface area contributed by atoms with Crippen molar-refractivity contribution < 1.29 is 9.18 Å². The summed E-state index contributed by atoms with van der Waals surface area (Å²) >= 11 is 0. The third-order valence-electron chi connectivity index (χ3n) is 3.56. The van der Waals surface area contributed by atoms with E-state index < -0.39 is 0 Å². The number of aromatic nitrogens is 2. The summed E-state index contributed by atoms with van der Waals surface area (Å²) in [6.07, 6.45) is 6.45. The van der Waals surface area contributed by atoms with Crippen LogP contribution in [-0.4, -0.2) is 27.1 Å². The van der Waals surface area contributed by atoms with Gasteiger partial charge in [-0.05, 0) is 24.1 Å². The average molecular weight is 303 g/mol. The summed E-state index contributed by atoms with van der Waals surface area (Å²) in [7, 11) is 1.79. The van der Waals surface area contributed by atoms with Crippen LogP contribution in [0.25, 0.3) is 0 Å². The second-order valence-electron chi connectivity index (χ2n) is 5.46. The number of hydrogen-bond donors (Lipinski definition) is 0. The molecule has 0 saturated heterocycles. The number of aryl methyl sites for hydroxylation is 1. The second kappa shape index (κ2) is 7.73. The predicted molar refractivity (Wildman–Crippen MR) is 83.9 cm³/mol. The first-order valence-corrected chi connectivity index (χ1v) is 7.62. The van der Waals surface area contributed by atoms with Gasteiger partial charge in [0.05, 0.1) is 11.8 Å². The number of halogens is 1. The SMILES string of the molecule is CCCCCN(Cc1ccc(F)cc1)C(=O)c1cnn(C)c1. The van der Waals surface area contributed by atoms with E-state index in [2.05, 4.69) is 12.0 Å². The van der Waals surface area contributed by atoms with Gasteiger partial charge >= 0.3 is 0 Å². The molecule has 0 unspecified atom stereocenters. The molecule has 118 valence electrons. The van der Waals surface area contributed by atoms with Crippen molar-refractivity contribution in [3.63, 3.8) is 0 Å². The van der Waals surface area contributed by atoms with Gasteiger partial charge in [0.2, 0.25) is 0 Å². The molecule has 0 N–H and O–H groups in total. The Morgan fingerprint density at radius 3 is 2.59 bits per heavy atom. The molecule has 0 bridgehead atoms. The molecular formula is C17H22FN3O. The number of unbranched alkanes of at least 4 members (excludes halogenated alkanes) is 2. The molecule has 5 heteroatoms. The van der Waals surface area contributed by atoms with Gasteiger partial charge in [-0.3, -0.25) is 9.48 Å². The van der Waals surface area contributed by atoms with Crippen LogP contribution in [0.5, 0.6) is 0 Å². The van der Waals surface area contributed by atoms with Crippen LogP contribution in [-0.2, 0) is 13.6 Å². The Kier molecular flexibility index (Phi) is 5.69. The molecule has 2 rings (SSSR count). The topological polar surface area (TPSA) is 38.1 Å². The zero-order valence-corrected chi connectivity index (χ0v) is 13.1. The number of carbonyl (C=O) groups is 1. The van der Waals surface area contributed by atoms with Crippen molar-refractivity contribution in [3.8, 4) is 0 Å². The number of amides is 1. The molecule has 0 spiro atoms. The summed E-state index contributed by atoms with van der Waals surface area (Å²) < 4.78 is 14.6. The lowest BCUT2D eigenvalue weighted by atomic mass is 10.1. The largest absolute Gasteiger partial charge is 0.334 e. The first-order chi connectivity index (χ1) is 10.6. The van der Waals surface area contributed by atoms with Crippen molar-refractivity contribution in [3.05, 3.63) is 53.6 Å². The fourth-order valence-corrected chi connectivity index (χ4v) is 2.33. The average Bonchev–Trinajstić information content (AvgIpc) is 2.94. The van der Waals surface area contributed by atoms with Crippen LogP contribution in [0.1, 0.15) is 42.1 Å². The minimum atomic E-state index is -0.264. The third kappa shape index (κ3) is 4.41. The molecule has 0 fully saturated rings. The van der Waals surface area contributed by atoms with Crippen molar-refractivity contribution in [2.45, 2.75) is 32.7 Å². The van der Waals surface area contributed by atoms with Gasteiger partial charge in [-0.25, -0.2) is 4.39 Å². The molecule has 0 aliphatic carbocycles. The van der Waals surface area contributed by atoms with Gasteiger partial charge in [0, 0.05) is 26.3 Å². The van der Waals surface area contributed by atoms with Crippen LogP contribution in [0.15, 0.2) is 36.7 Å². The minimum Gasteiger partial charge on any atom is -0.334 e. The fraction of sp³-hybridized carbons (Fsp3) is 0.412. The number of hydrogen-bond acceptors (Lipinski definition) is 2. The Bertz CT molecular complexity index is 607. The van der Waals surface area contributed by atoms with Crippen LogP contribution in [0.4, 0.5) is 4.39 Å². The summed E-state index contributed by atoms with van der Waals surface area (Å²) in [5, 5.41) is 4.05. The van der Waals surface area contributed by atoms with Gasteiger partial charge in [0.25, 0.3) is 5.91 Å². The number of rotatable bonds is 7. The molecule has 1 aromatic carbocycles. The van der Waals surface area contributed by atoms with Gasteiger partial charge in [-0.1, -0.05) is 31.9 Å². The van der Waals surface area contributed by atoms with E-state index in [4.69, 9.17) is 0 Å². The Balaban J connectivity index is 2.10. The zero-order chi connectivity index (χ0) is 15.9. The van der Waals surface area contributed by atoms with Crippen molar-refractivity contribution >= 4 is 5.91 Å². The molecule has 0 atom stereocenters. The van der Waals surface area contributed by atoms with Gasteiger partial charge in [0.1, 0.15) is 5.82 Å². The summed E-state index contributed by atoms with van der Waals surface area (Å²) in [6, 6.07) is 6.29. The summed E-state index contributed by atoms with van der Waals surface area (Å²) in [4.78, 5) is 14.4. The first kappa shape index (κ1) is 16.2. The summed E-state index contributed by atoms with van der Waals surface area (Å²) in [5.74, 6) is -0.298. The molecule has 2 aromatic rings. The van der Waals surface area contributed by atoms with E-state index in [9.17, 15) is 9.18 Å². The molecule has 1 heterocycles. The van der Waals surface area contributed by atoms with Crippen molar-refractivity contribution in [1.82, 2.24) is 14.7 Å². The smallest absolute Gasteiger partial charge is 0.257 e. The van der Waals surface area contributed by atoms with Crippen LogP contribution in [0.3, 0.4) is 0 Å². The zero-order valence-electron chi connectivity index (χ0n) is 13.1. The van der Waals surface area contributed by atoms with Crippen LogP contribution >= 0.6 is 0 Å². The molecule has 0 aliphatic heterocycles. The maximum atomic E-state index is 13.0. The number of carbonyl (C=O) groups excluding carboxylic acids is 1. The van der Waals surface area contributed by atoms with Crippen molar-refractivity contribution in [2.75, 3.05) is 6.54 Å². The highest BCUT2D eigenvalue weighted by molar-refractivity contribution is 5.93. The fourth-order valence-electron chi connectivity index (χ4n) is 2.33. The number of benzene rings is 1. The number of nitrogens with zero attached hydrogens (tertiary/aromatic N) is 3. The molecule has 22 heavy (non-hydrogen) atoms. The van der Waals surface area contributed by atoms with Gasteiger partial charge in [-0.15, -0.1) is 0 Å². The Hall–Kier alpha value is -2.17. The Labute approximate surface area is 130 Å². The highest BCUT2D eigenvalue weighted by atomic mass is 19.1. The highest BCUT2D eigenvalue weighted by Gasteiger charge is 2.17. The van der Waals surface area contributed by atoms with Crippen molar-refractivity contribution in [1.29, 1.82) is 0 Å².